The Labute approximate surface area is 121 Å². The molecule has 0 aliphatic carbocycles. The first kappa shape index (κ1) is 14.5. The molecule has 0 aromatic carbocycles. The van der Waals surface area contributed by atoms with Crippen molar-refractivity contribution in [2.75, 3.05) is 19.7 Å². The lowest BCUT2D eigenvalue weighted by Crippen LogP contribution is -2.41. The predicted molar refractivity (Wildman–Crippen MR) is 80.0 cm³/mol. The molecule has 0 amide bonds. The molecule has 1 aromatic heterocycles. The number of hydrogen-bond donors (Lipinski definition) is 1. The van der Waals surface area contributed by atoms with E-state index in [0.717, 1.165) is 30.6 Å². The molecule has 0 radical (unpaired) electrons. The zero-order valence-corrected chi connectivity index (χ0v) is 13.3. The number of ether oxygens (including phenoxy) is 1. The maximum atomic E-state index is 6.21. The van der Waals surface area contributed by atoms with E-state index in [1.165, 1.54) is 4.88 Å². The molecule has 1 aliphatic rings. The van der Waals surface area contributed by atoms with E-state index in [1.54, 1.807) is 11.3 Å². The van der Waals surface area contributed by atoms with Gasteiger partial charge in [-0.25, -0.2) is 0 Å². The Balaban J connectivity index is 2.18. The van der Waals surface area contributed by atoms with E-state index < -0.39 is 0 Å². The number of rotatable bonds is 3. The van der Waals surface area contributed by atoms with Gasteiger partial charge in [-0.15, -0.1) is 11.3 Å². The van der Waals surface area contributed by atoms with Crippen molar-refractivity contribution >= 4 is 27.3 Å². The second-order valence-corrected chi connectivity index (χ2v) is 6.86. The third-order valence-electron chi connectivity index (χ3n) is 3.25. The van der Waals surface area contributed by atoms with Gasteiger partial charge in [0.25, 0.3) is 0 Å². The Morgan fingerprint density at radius 1 is 1.61 bits per heavy atom. The molecule has 2 N–H and O–H groups in total. The van der Waals surface area contributed by atoms with Gasteiger partial charge in [-0.3, -0.25) is 4.90 Å². The van der Waals surface area contributed by atoms with Gasteiger partial charge in [0, 0.05) is 40.5 Å². The van der Waals surface area contributed by atoms with Gasteiger partial charge in [0.15, 0.2) is 0 Å². The summed E-state index contributed by atoms with van der Waals surface area (Å²) in [4.78, 5) is 3.81. The minimum atomic E-state index is 0.126. The van der Waals surface area contributed by atoms with Crippen LogP contribution >= 0.6 is 27.3 Å². The molecule has 1 aliphatic heterocycles. The van der Waals surface area contributed by atoms with Crippen LogP contribution in [0.25, 0.3) is 0 Å². The van der Waals surface area contributed by atoms with Gasteiger partial charge in [0.05, 0.1) is 12.1 Å². The summed E-state index contributed by atoms with van der Waals surface area (Å²) in [5.41, 5.74) is 6.21. The van der Waals surface area contributed by atoms with Crippen LogP contribution in [-0.2, 0) is 4.74 Å². The van der Waals surface area contributed by atoms with Crippen LogP contribution in [0.3, 0.4) is 0 Å². The summed E-state index contributed by atoms with van der Waals surface area (Å²) >= 11 is 5.31. The molecule has 102 valence electrons. The van der Waals surface area contributed by atoms with Crippen molar-refractivity contribution in [1.29, 1.82) is 0 Å². The van der Waals surface area contributed by atoms with Gasteiger partial charge >= 0.3 is 0 Å². The molecule has 1 fully saturated rings. The van der Waals surface area contributed by atoms with E-state index in [1.807, 2.05) is 0 Å². The quantitative estimate of drug-likeness (QED) is 0.924. The van der Waals surface area contributed by atoms with Crippen molar-refractivity contribution in [2.24, 2.45) is 5.73 Å². The highest BCUT2D eigenvalue weighted by Crippen LogP contribution is 2.32. The summed E-state index contributed by atoms with van der Waals surface area (Å²) in [5, 5.41) is 2.13. The summed E-state index contributed by atoms with van der Waals surface area (Å²) < 4.78 is 6.86. The number of halogens is 1. The second kappa shape index (κ2) is 6.48. The second-order valence-electron chi connectivity index (χ2n) is 5.00. The average molecular weight is 333 g/mol. The molecule has 3 atom stereocenters. The van der Waals surface area contributed by atoms with Crippen molar-refractivity contribution in [3.8, 4) is 0 Å². The summed E-state index contributed by atoms with van der Waals surface area (Å²) in [6, 6.07) is 2.61. The molecule has 18 heavy (non-hydrogen) atoms. The van der Waals surface area contributed by atoms with Crippen LogP contribution in [0.2, 0.25) is 0 Å². The average Bonchev–Trinajstić information content (AvgIpc) is 2.58. The fourth-order valence-electron chi connectivity index (χ4n) is 2.53. The molecule has 2 rings (SSSR count). The molecule has 0 saturated carbocycles. The van der Waals surface area contributed by atoms with Crippen LogP contribution in [0, 0.1) is 0 Å². The van der Waals surface area contributed by atoms with Gasteiger partial charge in [-0.2, -0.15) is 0 Å². The standard InChI is InChI=1S/C13H21BrN2OS/c1-9-7-16(4-3-5-17-9)13(10(2)15)12-6-11(14)8-18-12/h6,8-10,13H,3-5,7,15H2,1-2H3. The van der Waals surface area contributed by atoms with Crippen molar-refractivity contribution < 1.29 is 4.74 Å². The minimum Gasteiger partial charge on any atom is -0.377 e. The van der Waals surface area contributed by atoms with Gasteiger partial charge in [0.1, 0.15) is 0 Å². The fourth-order valence-corrected chi connectivity index (χ4v) is 4.23. The minimum absolute atomic E-state index is 0.126. The molecule has 3 unspecified atom stereocenters. The Hall–Kier alpha value is 0.0600. The smallest absolute Gasteiger partial charge is 0.0674 e. The highest BCUT2D eigenvalue weighted by molar-refractivity contribution is 9.10. The van der Waals surface area contributed by atoms with E-state index in [4.69, 9.17) is 10.5 Å². The van der Waals surface area contributed by atoms with Crippen LogP contribution in [-0.4, -0.2) is 36.7 Å². The van der Waals surface area contributed by atoms with Crippen LogP contribution in [0.5, 0.6) is 0 Å². The number of nitrogens with zero attached hydrogens (tertiary/aromatic N) is 1. The van der Waals surface area contributed by atoms with Crippen LogP contribution in [0.15, 0.2) is 15.9 Å². The predicted octanol–water partition coefficient (Wildman–Crippen LogP) is 3.01. The molecule has 5 heteroatoms. The SMILES string of the molecule is CC1CN(C(c2cc(Br)cs2)C(C)N)CCCO1. The van der Waals surface area contributed by atoms with Crippen LogP contribution in [0.1, 0.15) is 31.2 Å². The van der Waals surface area contributed by atoms with Crippen molar-refractivity contribution in [3.63, 3.8) is 0 Å². The van der Waals surface area contributed by atoms with E-state index in [0.29, 0.717) is 6.04 Å². The molecule has 1 aromatic rings. The van der Waals surface area contributed by atoms with Crippen molar-refractivity contribution in [1.82, 2.24) is 4.90 Å². The van der Waals surface area contributed by atoms with Gasteiger partial charge in [-0.05, 0) is 42.3 Å². The van der Waals surface area contributed by atoms with Gasteiger partial charge in [-0.1, -0.05) is 0 Å². The first-order chi connectivity index (χ1) is 8.58. The van der Waals surface area contributed by atoms with Crippen molar-refractivity contribution in [3.05, 3.63) is 20.8 Å². The third kappa shape index (κ3) is 3.54. The first-order valence-corrected chi connectivity index (χ1v) is 8.10. The summed E-state index contributed by atoms with van der Waals surface area (Å²) in [6.45, 7) is 7.11. The molecule has 2 heterocycles. The maximum Gasteiger partial charge on any atom is 0.0674 e. The maximum absolute atomic E-state index is 6.21. The van der Waals surface area contributed by atoms with Gasteiger partial charge in [0.2, 0.25) is 0 Å². The molecule has 1 saturated heterocycles. The normalized spacial score (nSPS) is 25.7. The van der Waals surface area contributed by atoms with Gasteiger partial charge < -0.3 is 10.5 Å². The monoisotopic (exact) mass is 332 g/mol. The summed E-state index contributed by atoms with van der Waals surface area (Å²) in [7, 11) is 0. The number of thiophene rings is 1. The summed E-state index contributed by atoms with van der Waals surface area (Å²) in [6.07, 6.45) is 1.37. The molecule has 3 nitrogen and oxygen atoms in total. The lowest BCUT2D eigenvalue weighted by molar-refractivity contribution is 0.0587. The molecular weight excluding hydrogens is 312 g/mol. The summed E-state index contributed by atoms with van der Waals surface area (Å²) in [5.74, 6) is 0. The Kier molecular flexibility index (Phi) is 5.21. The van der Waals surface area contributed by atoms with E-state index in [-0.39, 0.29) is 12.1 Å². The molecular formula is C13H21BrN2OS. The van der Waals surface area contributed by atoms with Crippen LogP contribution < -0.4 is 5.73 Å². The zero-order valence-electron chi connectivity index (χ0n) is 10.9. The fraction of sp³-hybridized carbons (Fsp3) is 0.692. The third-order valence-corrected chi connectivity index (χ3v) is 5.02. The highest BCUT2D eigenvalue weighted by atomic mass is 79.9. The Morgan fingerprint density at radius 3 is 3.00 bits per heavy atom. The van der Waals surface area contributed by atoms with E-state index >= 15 is 0 Å². The van der Waals surface area contributed by atoms with E-state index in [9.17, 15) is 0 Å². The Bertz CT molecular complexity index is 383. The van der Waals surface area contributed by atoms with Crippen molar-refractivity contribution in [2.45, 2.75) is 38.5 Å². The zero-order chi connectivity index (χ0) is 13.1. The Morgan fingerprint density at radius 2 is 2.39 bits per heavy atom. The lowest BCUT2D eigenvalue weighted by atomic mass is 10.1. The molecule has 0 spiro atoms. The highest BCUT2D eigenvalue weighted by Gasteiger charge is 2.28. The lowest BCUT2D eigenvalue weighted by Gasteiger charge is -2.33. The van der Waals surface area contributed by atoms with Crippen LogP contribution in [0.4, 0.5) is 0 Å². The largest absolute Gasteiger partial charge is 0.377 e. The number of hydrogen-bond acceptors (Lipinski definition) is 4. The first-order valence-electron chi connectivity index (χ1n) is 6.43. The number of nitrogens with two attached hydrogens (primary N) is 1. The van der Waals surface area contributed by atoms with E-state index in [2.05, 4.69) is 46.1 Å². The topological polar surface area (TPSA) is 38.5 Å². The molecule has 0 bridgehead atoms.